The molecule has 1 heterocycles. The van der Waals surface area contributed by atoms with Crippen LogP contribution in [0.3, 0.4) is 0 Å². The Morgan fingerprint density at radius 2 is 2.13 bits per heavy atom. The summed E-state index contributed by atoms with van der Waals surface area (Å²) < 4.78 is 4.96. The number of hydrogen-bond donors (Lipinski definition) is 1. The summed E-state index contributed by atoms with van der Waals surface area (Å²) in [5.41, 5.74) is 0.284. The molecule has 1 aliphatic carbocycles. The second kappa shape index (κ2) is 7.65. The molecule has 0 radical (unpaired) electrons. The molecular formula is C17H22ClN3O2. The molecule has 1 aliphatic rings. The topological polar surface area (TPSA) is 64.1 Å². The van der Waals surface area contributed by atoms with E-state index >= 15 is 0 Å². The third-order valence-corrected chi connectivity index (χ3v) is 4.70. The average Bonchev–Trinajstić information content (AvgIpc) is 2.57. The molecule has 1 saturated carbocycles. The number of halogens is 1. The van der Waals surface area contributed by atoms with Crippen molar-refractivity contribution in [1.29, 1.82) is 0 Å². The van der Waals surface area contributed by atoms with Crippen molar-refractivity contribution in [1.82, 2.24) is 9.97 Å². The van der Waals surface area contributed by atoms with Crippen LogP contribution in [0.25, 0.3) is 0 Å². The quantitative estimate of drug-likeness (QED) is 0.519. The first-order valence-corrected chi connectivity index (χ1v) is 8.21. The summed E-state index contributed by atoms with van der Waals surface area (Å²) in [7, 11) is 1.42. The van der Waals surface area contributed by atoms with Crippen molar-refractivity contribution in [2.45, 2.75) is 51.5 Å². The Kier molecular flexibility index (Phi) is 5.84. The number of esters is 1. The molecule has 1 aromatic heterocycles. The van der Waals surface area contributed by atoms with Gasteiger partial charge < -0.3 is 10.1 Å². The molecule has 1 N–H and O–H groups in total. The van der Waals surface area contributed by atoms with Crippen molar-refractivity contribution >= 4 is 23.4 Å². The third kappa shape index (κ3) is 3.94. The SMILES string of the molecule is CC#Cc1cnc(Cl)nc1NC1(C(C)C(=O)OC)CCCCC1. The fraction of sp³-hybridized carbons (Fsp3) is 0.588. The van der Waals surface area contributed by atoms with Gasteiger partial charge in [-0.1, -0.05) is 25.2 Å². The fourth-order valence-electron chi connectivity index (χ4n) is 3.17. The monoisotopic (exact) mass is 335 g/mol. The van der Waals surface area contributed by atoms with Gasteiger partial charge in [0.25, 0.3) is 0 Å². The highest BCUT2D eigenvalue weighted by Gasteiger charge is 2.42. The Morgan fingerprint density at radius 3 is 2.74 bits per heavy atom. The van der Waals surface area contributed by atoms with E-state index in [2.05, 4.69) is 27.1 Å². The molecular weight excluding hydrogens is 314 g/mol. The Morgan fingerprint density at radius 1 is 1.43 bits per heavy atom. The van der Waals surface area contributed by atoms with Crippen LogP contribution in [0.4, 0.5) is 5.82 Å². The van der Waals surface area contributed by atoms with Gasteiger partial charge in [-0.25, -0.2) is 4.98 Å². The van der Waals surface area contributed by atoms with Crippen LogP contribution >= 0.6 is 11.6 Å². The lowest BCUT2D eigenvalue weighted by molar-refractivity contribution is -0.147. The number of ether oxygens (including phenoxy) is 1. The van der Waals surface area contributed by atoms with E-state index in [0.717, 1.165) is 25.7 Å². The van der Waals surface area contributed by atoms with Crippen LogP contribution in [0.5, 0.6) is 0 Å². The van der Waals surface area contributed by atoms with Crippen molar-refractivity contribution in [2.75, 3.05) is 12.4 Å². The number of anilines is 1. The molecule has 0 aromatic carbocycles. The van der Waals surface area contributed by atoms with E-state index in [1.165, 1.54) is 13.5 Å². The minimum Gasteiger partial charge on any atom is -0.469 e. The molecule has 0 aliphatic heterocycles. The summed E-state index contributed by atoms with van der Waals surface area (Å²) in [6.07, 6.45) is 6.65. The maximum atomic E-state index is 12.1. The van der Waals surface area contributed by atoms with E-state index in [4.69, 9.17) is 16.3 Å². The largest absolute Gasteiger partial charge is 0.469 e. The first-order valence-electron chi connectivity index (χ1n) is 7.83. The van der Waals surface area contributed by atoms with Gasteiger partial charge in [-0.2, -0.15) is 4.98 Å². The Balaban J connectivity index is 2.40. The van der Waals surface area contributed by atoms with Crippen molar-refractivity contribution < 1.29 is 9.53 Å². The van der Waals surface area contributed by atoms with Gasteiger partial charge >= 0.3 is 5.97 Å². The number of hydrogen-bond acceptors (Lipinski definition) is 5. The van der Waals surface area contributed by atoms with Crippen molar-refractivity contribution in [3.05, 3.63) is 17.0 Å². The van der Waals surface area contributed by atoms with Crippen molar-refractivity contribution in [3.8, 4) is 11.8 Å². The van der Waals surface area contributed by atoms with Gasteiger partial charge in [-0.3, -0.25) is 4.79 Å². The van der Waals surface area contributed by atoms with Crippen LogP contribution in [0.15, 0.2) is 6.20 Å². The predicted octanol–water partition coefficient (Wildman–Crippen LogP) is 3.43. The summed E-state index contributed by atoms with van der Waals surface area (Å²) in [5, 5.41) is 3.62. The highest BCUT2D eigenvalue weighted by Crippen LogP contribution is 2.38. The molecule has 0 amide bonds. The van der Waals surface area contributed by atoms with Crippen LogP contribution < -0.4 is 5.32 Å². The number of methoxy groups -OCH3 is 1. The zero-order valence-corrected chi connectivity index (χ0v) is 14.5. The molecule has 2 rings (SSSR count). The number of carbonyl (C=O) groups is 1. The van der Waals surface area contributed by atoms with Crippen molar-refractivity contribution in [3.63, 3.8) is 0 Å². The lowest BCUT2D eigenvalue weighted by Crippen LogP contribution is -2.49. The van der Waals surface area contributed by atoms with Gasteiger partial charge in [0.2, 0.25) is 5.28 Å². The third-order valence-electron chi connectivity index (χ3n) is 4.52. The van der Waals surface area contributed by atoms with E-state index in [1.54, 1.807) is 13.1 Å². The van der Waals surface area contributed by atoms with Gasteiger partial charge in [0.1, 0.15) is 5.82 Å². The fourth-order valence-corrected chi connectivity index (χ4v) is 3.30. The van der Waals surface area contributed by atoms with Crippen LogP contribution in [0.2, 0.25) is 5.28 Å². The summed E-state index contributed by atoms with van der Waals surface area (Å²) >= 11 is 5.95. The second-order valence-electron chi connectivity index (χ2n) is 5.86. The van der Waals surface area contributed by atoms with Crippen LogP contribution in [-0.4, -0.2) is 28.6 Å². The van der Waals surface area contributed by atoms with E-state index in [9.17, 15) is 4.79 Å². The highest BCUT2D eigenvalue weighted by atomic mass is 35.5. The van der Waals surface area contributed by atoms with E-state index < -0.39 is 5.54 Å². The van der Waals surface area contributed by atoms with Gasteiger partial charge in [0.15, 0.2) is 0 Å². The minimum absolute atomic E-state index is 0.158. The number of nitrogens with zero attached hydrogens (tertiary/aromatic N) is 2. The Hall–Kier alpha value is -1.80. The maximum Gasteiger partial charge on any atom is 0.310 e. The molecule has 1 atom stereocenters. The normalized spacial score (nSPS) is 17.6. The molecule has 0 bridgehead atoms. The lowest BCUT2D eigenvalue weighted by Gasteiger charge is -2.42. The number of carbonyl (C=O) groups excluding carboxylic acids is 1. The second-order valence-corrected chi connectivity index (χ2v) is 6.20. The lowest BCUT2D eigenvalue weighted by atomic mass is 9.73. The van der Waals surface area contributed by atoms with Gasteiger partial charge in [-0.05, 0) is 38.3 Å². The molecule has 1 unspecified atom stereocenters. The zero-order valence-electron chi connectivity index (χ0n) is 13.8. The van der Waals surface area contributed by atoms with Gasteiger partial charge in [-0.15, -0.1) is 5.92 Å². The Labute approximate surface area is 142 Å². The summed E-state index contributed by atoms with van der Waals surface area (Å²) in [5.74, 6) is 5.90. The first-order chi connectivity index (χ1) is 11.0. The maximum absolute atomic E-state index is 12.1. The molecule has 0 spiro atoms. The number of aromatic nitrogens is 2. The Bertz CT molecular complexity index is 630. The molecule has 0 saturated heterocycles. The number of nitrogens with one attached hydrogen (secondary N) is 1. The van der Waals surface area contributed by atoms with E-state index in [1.807, 2.05) is 6.92 Å². The summed E-state index contributed by atoms with van der Waals surface area (Å²) in [4.78, 5) is 20.4. The molecule has 1 aromatic rings. The minimum atomic E-state index is -0.396. The van der Waals surface area contributed by atoms with E-state index in [-0.39, 0.29) is 17.2 Å². The van der Waals surface area contributed by atoms with Crippen LogP contribution in [0, 0.1) is 17.8 Å². The van der Waals surface area contributed by atoms with Crippen molar-refractivity contribution in [2.24, 2.45) is 5.92 Å². The smallest absolute Gasteiger partial charge is 0.310 e. The summed E-state index contributed by atoms with van der Waals surface area (Å²) in [6.45, 7) is 3.66. The van der Waals surface area contributed by atoms with Gasteiger partial charge in [0, 0.05) is 6.20 Å². The standard InChI is InChI=1S/C17H22ClN3O2/c1-4-8-13-11-19-16(18)20-14(13)21-17(9-6-5-7-10-17)12(2)15(22)23-3/h11-12H,5-7,9-10H2,1-3H3,(H,19,20,21). The predicted molar refractivity (Wildman–Crippen MR) is 90.2 cm³/mol. The molecule has 23 heavy (non-hydrogen) atoms. The highest BCUT2D eigenvalue weighted by molar-refractivity contribution is 6.28. The first kappa shape index (κ1) is 17.6. The molecule has 124 valence electrons. The van der Waals surface area contributed by atoms with Crippen LogP contribution in [-0.2, 0) is 9.53 Å². The number of rotatable bonds is 4. The van der Waals surface area contributed by atoms with Gasteiger partial charge in [0.05, 0.1) is 24.1 Å². The van der Waals surface area contributed by atoms with Crippen LogP contribution in [0.1, 0.15) is 51.5 Å². The van der Waals surface area contributed by atoms with E-state index in [0.29, 0.717) is 11.4 Å². The molecule has 5 nitrogen and oxygen atoms in total. The summed E-state index contributed by atoms with van der Waals surface area (Å²) in [6, 6.07) is 0. The average molecular weight is 336 g/mol. The zero-order chi connectivity index (χ0) is 16.9. The molecule has 1 fully saturated rings. The molecule has 6 heteroatoms.